The molecule has 4 nitrogen and oxygen atoms in total. The summed E-state index contributed by atoms with van der Waals surface area (Å²) in [7, 11) is 0. The van der Waals surface area contributed by atoms with E-state index >= 15 is 0 Å². The van der Waals surface area contributed by atoms with Crippen molar-refractivity contribution >= 4 is 21.8 Å². The number of amides is 1. The first-order chi connectivity index (χ1) is 9.69. The SMILES string of the molecule is N#Cc1ccnc(C(=O)NCCc2cccc(Br)c2)c1. The zero-order chi connectivity index (χ0) is 14.4. The van der Waals surface area contributed by atoms with Crippen molar-refractivity contribution in [3.8, 4) is 6.07 Å². The van der Waals surface area contributed by atoms with Crippen molar-refractivity contribution in [3.05, 3.63) is 63.9 Å². The molecule has 0 aliphatic heterocycles. The predicted octanol–water partition coefficient (Wildman–Crippen LogP) is 2.69. The maximum absolute atomic E-state index is 11.9. The third-order valence-electron chi connectivity index (χ3n) is 2.71. The minimum atomic E-state index is -0.267. The first-order valence-electron chi connectivity index (χ1n) is 6.08. The number of hydrogen-bond donors (Lipinski definition) is 1. The predicted molar refractivity (Wildman–Crippen MR) is 79.1 cm³/mol. The van der Waals surface area contributed by atoms with Gasteiger partial charge in [0, 0.05) is 17.2 Å². The van der Waals surface area contributed by atoms with E-state index in [2.05, 4.69) is 26.2 Å². The Hall–Kier alpha value is -2.19. The van der Waals surface area contributed by atoms with Gasteiger partial charge in [0.25, 0.3) is 5.91 Å². The fourth-order valence-electron chi connectivity index (χ4n) is 1.73. The van der Waals surface area contributed by atoms with Crippen LogP contribution < -0.4 is 5.32 Å². The van der Waals surface area contributed by atoms with Crippen LogP contribution in [0, 0.1) is 11.3 Å². The third kappa shape index (κ3) is 3.90. The van der Waals surface area contributed by atoms with Gasteiger partial charge in [-0.2, -0.15) is 5.26 Å². The zero-order valence-electron chi connectivity index (χ0n) is 10.6. The van der Waals surface area contributed by atoms with E-state index in [0.717, 1.165) is 16.5 Å². The topological polar surface area (TPSA) is 65.8 Å². The molecule has 1 aromatic heterocycles. The van der Waals surface area contributed by atoms with Gasteiger partial charge in [-0.1, -0.05) is 28.1 Å². The van der Waals surface area contributed by atoms with E-state index in [1.165, 1.54) is 12.3 Å². The molecular weight excluding hydrogens is 318 g/mol. The van der Waals surface area contributed by atoms with Gasteiger partial charge in [0.1, 0.15) is 5.69 Å². The number of aromatic nitrogens is 1. The number of pyridine rings is 1. The van der Waals surface area contributed by atoms with Crippen molar-refractivity contribution in [2.24, 2.45) is 0 Å². The number of carbonyl (C=O) groups excluding carboxylic acids is 1. The third-order valence-corrected chi connectivity index (χ3v) is 3.20. The molecule has 100 valence electrons. The molecule has 2 aromatic rings. The van der Waals surface area contributed by atoms with Crippen LogP contribution in [0.2, 0.25) is 0 Å². The molecule has 1 aromatic carbocycles. The van der Waals surface area contributed by atoms with Crippen LogP contribution in [0.3, 0.4) is 0 Å². The lowest BCUT2D eigenvalue weighted by atomic mass is 10.1. The monoisotopic (exact) mass is 329 g/mol. The van der Waals surface area contributed by atoms with Crippen molar-refractivity contribution < 1.29 is 4.79 Å². The molecule has 0 saturated carbocycles. The van der Waals surface area contributed by atoms with Crippen molar-refractivity contribution in [1.82, 2.24) is 10.3 Å². The molecule has 0 fully saturated rings. The van der Waals surface area contributed by atoms with Crippen LogP contribution in [0.25, 0.3) is 0 Å². The summed E-state index contributed by atoms with van der Waals surface area (Å²) in [5, 5.41) is 11.6. The van der Waals surface area contributed by atoms with Gasteiger partial charge in [0.2, 0.25) is 0 Å². The highest BCUT2D eigenvalue weighted by atomic mass is 79.9. The summed E-state index contributed by atoms with van der Waals surface area (Å²) in [6.45, 7) is 0.522. The summed E-state index contributed by atoms with van der Waals surface area (Å²) in [5.74, 6) is -0.267. The Labute approximate surface area is 125 Å². The molecule has 0 saturated heterocycles. The number of hydrogen-bond acceptors (Lipinski definition) is 3. The number of carbonyl (C=O) groups is 1. The van der Waals surface area contributed by atoms with Gasteiger partial charge in [-0.15, -0.1) is 0 Å². The molecule has 20 heavy (non-hydrogen) atoms. The van der Waals surface area contributed by atoms with Gasteiger partial charge in [0.15, 0.2) is 0 Å². The van der Waals surface area contributed by atoms with Crippen LogP contribution >= 0.6 is 15.9 Å². The summed E-state index contributed by atoms with van der Waals surface area (Å²) >= 11 is 3.41. The molecule has 0 unspecified atom stereocenters. The molecule has 0 spiro atoms. The highest BCUT2D eigenvalue weighted by Gasteiger charge is 2.07. The van der Waals surface area contributed by atoms with Gasteiger partial charge in [-0.05, 0) is 36.2 Å². The number of rotatable bonds is 4. The van der Waals surface area contributed by atoms with Gasteiger partial charge in [-0.3, -0.25) is 9.78 Å². The second-order valence-corrected chi connectivity index (χ2v) is 5.09. The average Bonchev–Trinajstić information content (AvgIpc) is 2.47. The molecule has 2 rings (SSSR count). The maximum atomic E-state index is 11.9. The van der Waals surface area contributed by atoms with Crippen LogP contribution in [-0.4, -0.2) is 17.4 Å². The number of nitrogens with zero attached hydrogens (tertiary/aromatic N) is 2. The Morgan fingerprint density at radius 2 is 2.20 bits per heavy atom. The Morgan fingerprint density at radius 1 is 1.35 bits per heavy atom. The number of nitriles is 1. The van der Waals surface area contributed by atoms with E-state index in [-0.39, 0.29) is 11.6 Å². The van der Waals surface area contributed by atoms with E-state index in [4.69, 9.17) is 5.26 Å². The van der Waals surface area contributed by atoms with E-state index in [1.54, 1.807) is 6.07 Å². The lowest BCUT2D eigenvalue weighted by Gasteiger charge is -2.05. The van der Waals surface area contributed by atoms with Gasteiger partial charge < -0.3 is 5.32 Å². The van der Waals surface area contributed by atoms with Gasteiger partial charge >= 0.3 is 0 Å². The van der Waals surface area contributed by atoms with Crippen molar-refractivity contribution in [1.29, 1.82) is 5.26 Å². The molecule has 1 heterocycles. The zero-order valence-corrected chi connectivity index (χ0v) is 12.2. The molecule has 1 N–H and O–H groups in total. The van der Waals surface area contributed by atoms with Crippen LogP contribution in [0.4, 0.5) is 0 Å². The average molecular weight is 330 g/mol. The van der Waals surface area contributed by atoms with Crippen molar-refractivity contribution in [2.45, 2.75) is 6.42 Å². The molecule has 0 radical (unpaired) electrons. The quantitative estimate of drug-likeness (QED) is 0.937. The second kappa shape index (κ2) is 6.83. The van der Waals surface area contributed by atoms with E-state index in [0.29, 0.717) is 12.1 Å². The largest absolute Gasteiger partial charge is 0.350 e. The summed E-state index contributed by atoms with van der Waals surface area (Å²) in [5.41, 5.74) is 1.83. The molecular formula is C15H12BrN3O. The molecule has 0 aliphatic rings. The minimum Gasteiger partial charge on any atom is -0.350 e. The lowest BCUT2D eigenvalue weighted by molar-refractivity contribution is 0.0949. The van der Waals surface area contributed by atoms with Crippen LogP contribution in [0.15, 0.2) is 47.1 Å². The Bertz CT molecular complexity index is 664. The molecule has 5 heteroatoms. The molecule has 0 aliphatic carbocycles. The fraction of sp³-hybridized carbons (Fsp3) is 0.133. The van der Waals surface area contributed by atoms with Crippen LogP contribution in [0.5, 0.6) is 0 Å². The number of benzene rings is 1. The Kier molecular flexibility index (Phi) is 4.85. The first kappa shape index (κ1) is 14.2. The summed E-state index contributed by atoms with van der Waals surface area (Å²) < 4.78 is 1.02. The van der Waals surface area contributed by atoms with E-state index < -0.39 is 0 Å². The number of halogens is 1. The molecule has 0 atom stereocenters. The van der Waals surface area contributed by atoms with Crippen molar-refractivity contribution in [2.75, 3.05) is 6.54 Å². The Morgan fingerprint density at radius 3 is 2.95 bits per heavy atom. The highest BCUT2D eigenvalue weighted by molar-refractivity contribution is 9.10. The summed E-state index contributed by atoms with van der Waals surface area (Å²) in [6, 6.07) is 13.0. The normalized spacial score (nSPS) is 9.80. The first-order valence-corrected chi connectivity index (χ1v) is 6.87. The summed E-state index contributed by atoms with van der Waals surface area (Å²) in [4.78, 5) is 15.8. The maximum Gasteiger partial charge on any atom is 0.269 e. The Balaban J connectivity index is 1.91. The smallest absolute Gasteiger partial charge is 0.269 e. The van der Waals surface area contributed by atoms with E-state index in [1.807, 2.05) is 30.3 Å². The lowest BCUT2D eigenvalue weighted by Crippen LogP contribution is -2.26. The van der Waals surface area contributed by atoms with Gasteiger partial charge in [0.05, 0.1) is 11.6 Å². The number of nitrogens with one attached hydrogen (secondary N) is 1. The van der Waals surface area contributed by atoms with Crippen LogP contribution in [-0.2, 0) is 6.42 Å². The molecule has 0 bridgehead atoms. The minimum absolute atomic E-state index is 0.262. The van der Waals surface area contributed by atoms with Crippen molar-refractivity contribution in [3.63, 3.8) is 0 Å². The summed E-state index contributed by atoms with van der Waals surface area (Å²) in [6.07, 6.45) is 2.20. The molecule has 1 amide bonds. The van der Waals surface area contributed by atoms with E-state index in [9.17, 15) is 4.79 Å². The van der Waals surface area contributed by atoms with Crippen LogP contribution in [0.1, 0.15) is 21.6 Å². The second-order valence-electron chi connectivity index (χ2n) is 4.18. The highest BCUT2D eigenvalue weighted by Crippen LogP contribution is 2.11. The fourth-order valence-corrected chi connectivity index (χ4v) is 2.17. The standard InChI is InChI=1S/C15H12BrN3O/c16-13-3-1-2-11(8-13)4-7-19-15(20)14-9-12(10-17)5-6-18-14/h1-3,5-6,8-9H,4,7H2,(H,19,20). The van der Waals surface area contributed by atoms with Gasteiger partial charge in [-0.25, -0.2) is 0 Å².